The van der Waals surface area contributed by atoms with Crippen molar-refractivity contribution in [3.8, 4) is 0 Å². The summed E-state index contributed by atoms with van der Waals surface area (Å²) in [6, 6.07) is 0. The van der Waals surface area contributed by atoms with Crippen molar-refractivity contribution in [3.05, 3.63) is 6.20 Å². The van der Waals surface area contributed by atoms with E-state index >= 15 is 0 Å². The van der Waals surface area contributed by atoms with Crippen LogP contribution in [-0.4, -0.2) is 39.2 Å². The Labute approximate surface area is 88.7 Å². The first-order valence-electron chi connectivity index (χ1n) is 4.99. The zero-order valence-electron chi connectivity index (χ0n) is 8.85. The van der Waals surface area contributed by atoms with Crippen molar-refractivity contribution < 1.29 is 10.2 Å². The van der Waals surface area contributed by atoms with Crippen LogP contribution < -0.4 is 11.1 Å². The second kappa shape index (κ2) is 5.57. The molecule has 1 aromatic heterocycles. The van der Waals surface area contributed by atoms with Gasteiger partial charge < -0.3 is 21.3 Å². The van der Waals surface area contributed by atoms with E-state index in [4.69, 9.17) is 10.8 Å². The zero-order valence-corrected chi connectivity index (χ0v) is 8.85. The zero-order chi connectivity index (χ0) is 11.3. The second-order valence-corrected chi connectivity index (χ2v) is 3.48. The van der Waals surface area contributed by atoms with Crippen molar-refractivity contribution >= 4 is 11.5 Å². The molecule has 5 N–H and O–H groups in total. The molecule has 6 heteroatoms. The number of hydrogen-bond acceptors (Lipinski definition) is 5. The van der Waals surface area contributed by atoms with Gasteiger partial charge in [0.2, 0.25) is 0 Å². The molecule has 0 aliphatic rings. The van der Waals surface area contributed by atoms with E-state index < -0.39 is 6.10 Å². The van der Waals surface area contributed by atoms with Gasteiger partial charge in [-0.15, -0.1) is 0 Å². The Kier molecular flexibility index (Phi) is 4.38. The Morgan fingerprint density at radius 3 is 3.00 bits per heavy atom. The van der Waals surface area contributed by atoms with Gasteiger partial charge in [-0.25, -0.2) is 4.68 Å². The molecule has 1 unspecified atom stereocenters. The Bertz CT molecular complexity index is 298. The van der Waals surface area contributed by atoms with Gasteiger partial charge >= 0.3 is 0 Å². The molecule has 1 rings (SSSR count). The average molecular weight is 214 g/mol. The summed E-state index contributed by atoms with van der Waals surface area (Å²) in [6.45, 7) is 2.86. The first-order chi connectivity index (χ1) is 7.15. The molecule has 0 bridgehead atoms. The molecule has 0 spiro atoms. The maximum absolute atomic E-state index is 9.24. The Balaban J connectivity index is 2.62. The summed E-state index contributed by atoms with van der Waals surface area (Å²) < 4.78 is 1.62. The lowest BCUT2D eigenvalue weighted by molar-refractivity contribution is 0.169. The lowest BCUT2D eigenvalue weighted by Crippen LogP contribution is -2.17. The average Bonchev–Trinajstić information content (AvgIpc) is 2.49. The summed E-state index contributed by atoms with van der Waals surface area (Å²) in [7, 11) is 0. The molecular weight excluding hydrogens is 196 g/mol. The first-order valence-corrected chi connectivity index (χ1v) is 4.99. The topological polar surface area (TPSA) is 96.3 Å². The van der Waals surface area contributed by atoms with E-state index in [0.717, 1.165) is 0 Å². The fourth-order valence-electron chi connectivity index (χ4n) is 1.27. The summed E-state index contributed by atoms with van der Waals surface area (Å²) >= 11 is 0. The van der Waals surface area contributed by atoms with Crippen LogP contribution in [0.1, 0.15) is 13.3 Å². The number of hydrogen-bond donors (Lipinski definition) is 4. The van der Waals surface area contributed by atoms with E-state index in [1.807, 2.05) is 0 Å². The van der Waals surface area contributed by atoms with Gasteiger partial charge in [0.05, 0.1) is 24.5 Å². The Morgan fingerprint density at radius 1 is 1.67 bits per heavy atom. The van der Waals surface area contributed by atoms with Crippen LogP contribution in [0.15, 0.2) is 6.20 Å². The van der Waals surface area contributed by atoms with Crippen molar-refractivity contribution in [2.45, 2.75) is 26.0 Å². The highest BCUT2D eigenvalue weighted by molar-refractivity contribution is 5.60. The third-order valence-electron chi connectivity index (χ3n) is 1.93. The van der Waals surface area contributed by atoms with Gasteiger partial charge in [-0.3, -0.25) is 0 Å². The summed E-state index contributed by atoms with van der Waals surface area (Å²) in [5.41, 5.74) is 6.26. The molecule has 0 saturated heterocycles. The molecule has 0 fully saturated rings. The highest BCUT2D eigenvalue weighted by atomic mass is 16.3. The summed E-state index contributed by atoms with van der Waals surface area (Å²) in [5.74, 6) is 0.698. The van der Waals surface area contributed by atoms with Crippen LogP contribution in [0.4, 0.5) is 11.5 Å². The molecule has 6 nitrogen and oxygen atoms in total. The highest BCUT2D eigenvalue weighted by Crippen LogP contribution is 2.17. The molecular formula is C9H18N4O2. The smallest absolute Gasteiger partial charge is 0.147 e. The van der Waals surface area contributed by atoms with E-state index in [0.29, 0.717) is 31.0 Å². The monoisotopic (exact) mass is 214 g/mol. The Morgan fingerprint density at radius 2 is 2.40 bits per heavy atom. The van der Waals surface area contributed by atoms with Crippen LogP contribution >= 0.6 is 0 Å². The minimum atomic E-state index is -0.470. The number of aliphatic hydroxyl groups is 2. The molecule has 1 aromatic rings. The third-order valence-corrected chi connectivity index (χ3v) is 1.93. The molecule has 0 aromatic carbocycles. The predicted molar refractivity (Wildman–Crippen MR) is 58.5 cm³/mol. The van der Waals surface area contributed by atoms with E-state index in [2.05, 4.69) is 10.4 Å². The number of aliphatic hydroxyl groups excluding tert-OH is 2. The molecule has 0 aliphatic heterocycles. The van der Waals surface area contributed by atoms with Crippen LogP contribution in [0.2, 0.25) is 0 Å². The minimum Gasteiger partial charge on any atom is -0.396 e. The van der Waals surface area contributed by atoms with Gasteiger partial charge in [-0.1, -0.05) is 0 Å². The highest BCUT2D eigenvalue weighted by Gasteiger charge is 2.08. The standard InChI is InChI=1S/C9H18N4O2/c1-7(15)6-13-9(8(10)5-12-13)11-3-2-4-14/h5,7,11,14-15H,2-4,6,10H2,1H3. The number of nitrogens with zero attached hydrogens (tertiary/aromatic N) is 2. The van der Waals surface area contributed by atoms with E-state index in [9.17, 15) is 5.11 Å². The summed E-state index contributed by atoms with van der Waals surface area (Å²) in [6.07, 6.45) is 1.73. The molecule has 0 saturated carbocycles. The van der Waals surface area contributed by atoms with Gasteiger partial charge in [0.15, 0.2) is 0 Å². The van der Waals surface area contributed by atoms with Gasteiger partial charge in [-0.2, -0.15) is 5.10 Å². The van der Waals surface area contributed by atoms with Crippen molar-refractivity contribution in [3.63, 3.8) is 0 Å². The second-order valence-electron chi connectivity index (χ2n) is 3.48. The van der Waals surface area contributed by atoms with Gasteiger partial charge in [0, 0.05) is 13.2 Å². The summed E-state index contributed by atoms with van der Waals surface area (Å²) in [4.78, 5) is 0. The maximum atomic E-state index is 9.24. The van der Waals surface area contributed by atoms with E-state index in [1.54, 1.807) is 17.8 Å². The van der Waals surface area contributed by atoms with Crippen LogP contribution in [0.5, 0.6) is 0 Å². The first kappa shape index (κ1) is 11.8. The number of aromatic nitrogens is 2. The maximum Gasteiger partial charge on any atom is 0.147 e. The quantitative estimate of drug-likeness (QED) is 0.485. The van der Waals surface area contributed by atoms with Gasteiger partial charge in [0.1, 0.15) is 5.82 Å². The van der Waals surface area contributed by atoms with E-state index in [-0.39, 0.29) is 6.61 Å². The molecule has 0 aliphatic carbocycles. The number of nitrogens with two attached hydrogens (primary N) is 1. The fraction of sp³-hybridized carbons (Fsp3) is 0.667. The normalized spacial score (nSPS) is 12.7. The van der Waals surface area contributed by atoms with E-state index in [1.165, 1.54) is 0 Å². The molecule has 0 radical (unpaired) electrons. The molecule has 15 heavy (non-hydrogen) atoms. The summed E-state index contributed by atoms with van der Waals surface area (Å²) in [5, 5.41) is 25.0. The number of anilines is 2. The lowest BCUT2D eigenvalue weighted by atomic mass is 10.4. The van der Waals surface area contributed by atoms with Crippen molar-refractivity contribution in [2.24, 2.45) is 0 Å². The largest absolute Gasteiger partial charge is 0.396 e. The van der Waals surface area contributed by atoms with Crippen molar-refractivity contribution in [2.75, 3.05) is 24.2 Å². The number of nitrogens with one attached hydrogen (secondary N) is 1. The van der Waals surface area contributed by atoms with Crippen LogP contribution in [0.3, 0.4) is 0 Å². The van der Waals surface area contributed by atoms with Crippen molar-refractivity contribution in [1.29, 1.82) is 0 Å². The SMILES string of the molecule is CC(O)Cn1ncc(N)c1NCCCO. The van der Waals surface area contributed by atoms with Gasteiger partial charge in [0.25, 0.3) is 0 Å². The van der Waals surface area contributed by atoms with Gasteiger partial charge in [-0.05, 0) is 13.3 Å². The molecule has 86 valence electrons. The lowest BCUT2D eigenvalue weighted by Gasteiger charge is -2.11. The molecule has 1 atom stereocenters. The van der Waals surface area contributed by atoms with Crippen LogP contribution in [0.25, 0.3) is 0 Å². The molecule has 1 heterocycles. The van der Waals surface area contributed by atoms with Crippen LogP contribution in [0, 0.1) is 0 Å². The number of nitrogen functional groups attached to an aromatic ring is 1. The van der Waals surface area contributed by atoms with Crippen LogP contribution in [-0.2, 0) is 6.54 Å². The molecule has 0 amide bonds. The van der Waals surface area contributed by atoms with Crippen molar-refractivity contribution in [1.82, 2.24) is 9.78 Å². The predicted octanol–water partition coefficient (Wildman–Crippen LogP) is -0.360. The Hall–Kier alpha value is -1.27. The third kappa shape index (κ3) is 3.41. The number of rotatable bonds is 6. The fourth-order valence-corrected chi connectivity index (χ4v) is 1.27. The minimum absolute atomic E-state index is 0.136.